The first-order valence-electron chi connectivity index (χ1n) is 7.28. The molecule has 2 aromatic rings. The molecule has 0 heterocycles. The van der Waals surface area contributed by atoms with E-state index in [2.05, 4.69) is 15.9 Å². The molecule has 2 N–H and O–H groups in total. The summed E-state index contributed by atoms with van der Waals surface area (Å²) >= 11 is 3.41. The van der Waals surface area contributed by atoms with Crippen LogP contribution in [0.1, 0.15) is 38.8 Å². The molecule has 0 spiro atoms. The highest BCUT2D eigenvalue weighted by molar-refractivity contribution is 9.10. The lowest BCUT2D eigenvalue weighted by atomic mass is 9.88. The summed E-state index contributed by atoms with van der Waals surface area (Å²) in [5, 5.41) is 18.9. The average molecular weight is 393 g/mol. The zero-order chi connectivity index (χ0) is 18.0. The number of carboxylic acid groups (broad SMARTS) is 2. The fraction of sp³-hybridized carbons (Fsp3) is 0.222. The van der Waals surface area contributed by atoms with Crippen molar-refractivity contribution in [2.75, 3.05) is 7.11 Å². The highest BCUT2D eigenvalue weighted by atomic mass is 79.9. The lowest BCUT2D eigenvalue weighted by Gasteiger charge is -2.17. The van der Waals surface area contributed by atoms with E-state index in [0.717, 1.165) is 15.6 Å². The van der Waals surface area contributed by atoms with E-state index < -0.39 is 11.9 Å². The lowest BCUT2D eigenvalue weighted by molar-refractivity contribution is 0.0650. The minimum Gasteiger partial charge on any atom is -0.496 e. The highest BCUT2D eigenvalue weighted by Gasteiger charge is 2.24. The van der Waals surface area contributed by atoms with Crippen molar-refractivity contribution in [1.29, 1.82) is 0 Å². The zero-order valence-electron chi connectivity index (χ0n) is 13.5. The summed E-state index contributed by atoms with van der Waals surface area (Å²) in [4.78, 5) is 23.1. The van der Waals surface area contributed by atoms with Gasteiger partial charge in [0, 0.05) is 0 Å². The van der Waals surface area contributed by atoms with Crippen LogP contribution in [0.15, 0.2) is 28.7 Å². The summed E-state index contributed by atoms with van der Waals surface area (Å²) in [6, 6.07) is 6.84. The summed E-state index contributed by atoms with van der Waals surface area (Å²) in [5.41, 5.74) is 2.43. The van der Waals surface area contributed by atoms with Gasteiger partial charge in [-0.1, -0.05) is 13.0 Å². The number of halogens is 1. The molecule has 0 saturated carbocycles. The molecule has 0 aromatic heterocycles. The van der Waals surface area contributed by atoms with Crippen LogP contribution in [-0.2, 0) is 6.42 Å². The highest BCUT2D eigenvalue weighted by Crippen LogP contribution is 2.35. The molecular weight excluding hydrogens is 376 g/mol. The molecule has 0 saturated heterocycles. The van der Waals surface area contributed by atoms with Crippen molar-refractivity contribution in [3.8, 4) is 16.9 Å². The molecule has 24 heavy (non-hydrogen) atoms. The van der Waals surface area contributed by atoms with E-state index in [-0.39, 0.29) is 11.1 Å². The smallest absolute Gasteiger partial charge is 0.336 e. The van der Waals surface area contributed by atoms with Crippen LogP contribution in [0.2, 0.25) is 0 Å². The Labute approximate surface area is 148 Å². The van der Waals surface area contributed by atoms with Gasteiger partial charge in [0.1, 0.15) is 5.75 Å². The Morgan fingerprint density at radius 3 is 2.29 bits per heavy atom. The largest absolute Gasteiger partial charge is 0.496 e. The van der Waals surface area contributed by atoms with Crippen LogP contribution < -0.4 is 4.74 Å². The molecule has 0 aliphatic rings. The van der Waals surface area contributed by atoms with Gasteiger partial charge in [-0.05, 0) is 69.7 Å². The second-order valence-corrected chi connectivity index (χ2v) is 6.12. The summed E-state index contributed by atoms with van der Waals surface area (Å²) in [6.07, 6.45) is 0.429. The lowest BCUT2D eigenvalue weighted by Crippen LogP contribution is -2.13. The summed E-state index contributed by atoms with van der Waals surface area (Å²) in [5.74, 6) is -1.82. The van der Waals surface area contributed by atoms with E-state index in [0.29, 0.717) is 23.3 Å². The van der Waals surface area contributed by atoms with E-state index in [9.17, 15) is 19.8 Å². The Hall–Kier alpha value is -2.34. The van der Waals surface area contributed by atoms with Crippen molar-refractivity contribution in [3.63, 3.8) is 0 Å². The average Bonchev–Trinajstić information content (AvgIpc) is 2.53. The number of carboxylic acids is 2. The van der Waals surface area contributed by atoms with E-state index >= 15 is 0 Å². The second kappa shape index (κ2) is 7.05. The Balaban J connectivity index is 2.80. The number of hydrogen-bond acceptors (Lipinski definition) is 3. The second-order valence-electron chi connectivity index (χ2n) is 5.26. The van der Waals surface area contributed by atoms with E-state index in [1.807, 2.05) is 26.0 Å². The van der Waals surface area contributed by atoms with Crippen molar-refractivity contribution in [2.45, 2.75) is 20.3 Å². The minimum absolute atomic E-state index is 0.140. The standard InChI is InChI=1S/C18H17BrO5/c1-4-11-9(2)12(8-13(17(20)21)16(11)18(22)23)10-5-6-15(24-3)14(19)7-10/h5-8H,4H2,1-3H3,(H,20,21)(H,22,23). The van der Waals surface area contributed by atoms with Crippen LogP contribution in [0.3, 0.4) is 0 Å². The Bertz CT molecular complexity index is 827. The number of hydrogen-bond donors (Lipinski definition) is 2. The molecule has 6 heteroatoms. The molecule has 0 aliphatic carbocycles. The normalized spacial score (nSPS) is 10.5. The van der Waals surface area contributed by atoms with Gasteiger partial charge in [-0.2, -0.15) is 0 Å². The molecule has 0 fully saturated rings. The summed E-state index contributed by atoms with van der Waals surface area (Å²) in [7, 11) is 1.56. The maximum absolute atomic E-state index is 11.6. The maximum Gasteiger partial charge on any atom is 0.336 e. The van der Waals surface area contributed by atoms with Gasteiger partial charge in [0.2, 0.25) is 0 Å². The first-order chi connectivity index (χ1) is 11.3. The summed E-state index contributed by atoms with van der Waals surface area (Å²) < 4.78 is 5.94. The number of aromatic carboxylic acids is 2. The van der Waals surface area contributed by atoms with Crippen LogP contribution in [0.25, 0.3) is 11.1 Å². The molecule has 0 unspecified atom stereocenters. The maximum atomic E-state index is 11.6. The molecular formula is C18H17BrO5. The van der Waals surface area contributed by atoms with E-state index in [1.165, 1.54) is 6.07 Å². The third-order valence-electron chi connectivity index (χ3n) is 3.98. The molecule has 0 amide bonds. The number of benzene rings is 2. The molecule has 5 nitrogen and oxygen atoms in total. The predicted octanol–water partition coefficient (Wildman–Crippen LogP) is 4.39. The van der Waals surface area contributed by atoms with Crippen LogP contribution in [-0.4, -0.2) is 29.3 Å². The number of rotatable bonds is 5. The predicted molar refractivity (Wildman–Crippen MR) is 94.2 cm³/mol. The van der Waals surface area contributed by atoms with Gasteiger partial charge in [-0.15, -0.1) is 0 Å². The van der Waals surface area contributed by atoms with Crippen molar-refractivity contribution in [3.05, 3.63) is 51.0 Å². The van der Waals surface area contributed by atoms with Crippen molar-refractivity contribution in [1.82, 2.24) is 0 Å². The van der Waals surface area contributed by atoms with E-state index in [1.54, 1.807) is 13.2 Å². The fourth-order valence-corrected chi connectivity index (χ4v) is 3.37. The van der Waals surface area contributed by atoms with Gasteiger partial charge in [0.25, 0.3) is 0 Å². The van der Waals surface area contributed by atoms with Crippen molar-refractivity contribution < 1.29 is 24.5 Å². The fourth-order valence-electron chi connectivity index (χ4n) is 2.83. The van der Waals surface area contributed by atoms with Gasteiger partial charge in [0.15, 0.2) is 0 Å². The Morgan fingerprint density at radius 2 is 1.83 bits per heavy atom. The van der Waals surface area contributed by atoms with Crippen molar-refractivity contribution in [2.24, 2.45) is 0 Å². The Kier molecular flexibility index (Phi) is 5.29. The van der Waals surface area contributed by atoms with Gasteiger partial charge >= 0.3 is 11.9 Å². The number of methoxy groups -OCH3 is 1. The molecule has 2 rings (SSSR count). The van der Waals surface area contributed by atoms with Crippen LogP contribution in [0.4, 0.5) is 0 Å². The molecule has 126 valence electrons. The molecule has 0 atom stereocenters. The van der Waals surface area contributed by atoms with Crippen molar-refractivity contribution >= 4 is 27.9 Å². The van der Waals surface area contributed by atoms with Gasteiger partial charge < -0.3 is 14.9 Å². The van der Waals surface area contributed by atoms with Crippen LogP contribution in [0, 0.1) is 6.92 Å². The van der Waals surface area contributed by atoms with Crippen LogP contribution >= 0.6 is 15.9 Å². The molecule has 0 bridgehead atoms. The van der Waals surface area contributed by atoms with Crippen LogP contribution in [0.5, 0.6) is 5.75 Å². The Morgan fingerprint density at radius 1 is 1.17 bits per heavy atom. The SMILES string of the molecule is CCc1c(C)c(-c2ccc(OC)c(Br)c2)cc(C(=O)O)c1C(=O)O. The summed E-state index contributed by atoms with van der Waals surface area (Å²) in [6.45, 7) is 3.62. The third-order valence-corrected chi connectivity index (χ3v) is 4.60. The number of ether oxygens (including phenoxy) is 1. The van der Waals surface area contributed by atoms with Gasteiger partial charge in [0.05, 0.1) is 22.7 Å². The van der Waals surface area contributed by atoms with Gasteiger partial charge in [-0.3, -0.25) is 0 Å². The minimum atomic E-state index is -1.25. The monoisotopic (exact) mass is 392 g/mol. The van der Waals surface area contributed by atoms with E-state index in [4.69, 9.17) is 4.74 Å². The first kappa shape index (κ1) is 18.0. The molecule has 0 radical (unpaired) electrons. The van der Waals surface area contributed by atoms with Gasteiger partial charge in [-0.25, -0.2) is 9.59 Å². The molecule has 2 aromatic carbocycles. The molecule has 0 aliphatic heterocycles. The third kappa shape index (κ3) is 3.14. The quantitative estimate of drug-likeness (QED) is 0.787. The topological polar surface area (TPSA) is 83.8 Å². The first-order valence-corrected chi connectivity index (χ1v) is 8.08. The number of carbonyl (C=O) groups is 2. The zero-order valence-corrected chi connectivity index (χ0v) is 15.1.